The van der Waals surface area contributed by atoms with Gasteiger partial charge in [-0.15, -0.1) is 0 Å². The zero-order valence-electron chi connectivity index (χ0n) is 18.3. The lowest BCUT2D eigenvalue weighted by Crippen LogP contribution is -2.38. The Hall–Kier alpha value is -3.41. The van der Waals surface area contributed by atoms with Crippen LogP contribution < -0.4 is 15.5 Å². The van der Waals surface area contributed by atoms with Crippen molar-refractivity contribution in [2.45, 2.75) is 33.2 Å². The van der Waals surface area contributed by atoms with Gasteiger partial charge in [0.15, 0.2) is 0 Å². The average molecular weight is 430 g/mol. The molecule has 6 rings (SSSR count). The minimum Gasteiger partial charge on any atom is -0.334 e. The van der Waals surface area contributed by atoms with E-state index in [9.17, 15) is 14.4 Å². The molecule has 2 N–H and O–H groups in total. The van der Waals surface area contributed by atoms with E-state index in [2.05, 4.69) is 22.8 Å². The lowest BCUT2D eigenvalue weighted by atomic mass is 9.63. The van der Waals surface area contributed by atoms with E-state index in [0.29, 0.717) is 12.2 Å². The third-order valence-electron chi connectivity index (χ3n) is 7.13. The Morgan fingerprint density at radius 2 is 1.47 bits per heavy atom. The number of nitrogens with zero attached hydrogens (tertiary/aromatic N) is 1. The minimum atomic E-state index is -0.275. The predicted molar refractivity (Wildman–Crippen MR) is 123 cm³/mol. The minimum absolute atomic E-state index is 0.0714. The number of anilines is 2. The molecule has 164 valence electrons. The van der Waals surface area contributed by atoms with Crippen LogP contribution in [0.5, 0.6) is 0 Å². The van der Waals surface area contributed by atoms with Crippen molar-refractivity contribution in [2.24, 2.45) is 23.7 Å². The van der Waals surface area contributed by atoms with E-state index in [4.69, 9.17) is 0 Å². The van der Waals surface area contributed by atoms with Crippen LogP contribution in [0.4, 0.5) is 16.2 Å². The molecule has 2 aromatic rings. The first-order chi connectivity index (χ1) is 15.4. The zero-order chi connectivity index (χ0) is 22.4. The van der Waals surface area contributed by atoms with Crippen LogP contribution in [0.2, 0.25) is 0 Å². The van der Waals surface area contributed by atoms with Gasteiger partial charge in [0.2, 0.25) is 11.8 Å². The molecule has 0 aromatic heterocycles. The monoisotopic (exact) mass is 429 g/mol. The summed E-state index contributed by atoms with van der Waals surface area (Å²) >= 11 is 0. The number of hydrogen-bond acceptors (Lipinski definition) is 3. The van der Waals surface area contributed by atoms with Gasteiger partial charge in [-0.05, 0) is 67.3 Å². The molecule has 1 saturated heterocycles. The van der Waals surface area contributed by atoms with Crippen LogP contribution in [0.25, 0.3) is 0 Å². The number of amides is 4. The maximum absolute atomic E-state index is 13.1. The van der Waals surface area contributed by atoms with Crippen molar-refractivity contribution in [1.82, 2.24) is 5.32 Å². The van der Waals surface area contributed by atoms with E-state index < -0.39 is 0 Å². The van der Waals surface area contributed by atoms with Gasteiger partial charge in [0.25, 0.3) is 0 Å². The first-order valence-electron chi connectivity index (χ1n) is 11.2. The number of benzene rings is 2. The molecule has 4 atom stereocenters. The molecular weight excluding hydrogens is 402 g/mol. The number of rotatable bonds is 4. The largest absolute Gasteiger partial charge is 0.334 e. The van der Waals surface area contributed by atoms with Gasteiger partial charge in [0, 0.05) is 12.2 Å². The molecule has 32 heavy (non-hydrogen) atoms. The number of para-hydroxylation sites is 1. The topological polar surface area (TPSA) is 78.5 Å². The van der Waals surface area contributed by atoms with Gasteiger partial charge in [0.05, 0.1) is 17.5 Å². The summed E-state index contributed by atoms with van der Waals surface area (Å²) in [6.45, 7) is 4.26. The van der Waals surface area contributed by atoms with Gasteiger partial charge in [-0.3, -0.25) is 14.5 Å². The fourth-order valence-corrected chi connectivity index (χ4v) is 5.44. The number of allylic oxidation sites excluding steroid dienone is 2. The zero-order valence-corrected chi connectivity index (χ0v) is 18.3. The van der Waals surface area contributed by atoms with Crippen molar-refractivity contribution in [3.63, 3.8) is 0 Å². The molecule has 6 heteroatoms. The van der Waals surface area contributed by atoms with E-state index in [1.54, 1.807) is 12.1 Å². The van der Waals surface area contributed by atoms with Gasteiger partial charge < -0.3 is 10.6 Å². The molecular formula is C26H27N3O3. The summed E-state index contributed by atoms with van der Waals surface area (Å²) in [5, 5.41) is 5.77. The predicted octanol–water partition coefficient (Wildman–Crippen LogP) is 4.33. The highest BCUT2D eigenvalue weighted by molar-refractivity contribution is 6.22. The molecule has 2 aromatic carbocycles. The summed E-state index contributed by atoms with van der Waals surface area (Å²) in [5.74, 6) is -0.186. The van der Waals surface area contributed by atoms with Gasteiger partial charge in [-0.1, -0.05) is 42.5 Å². The van der Waals surface area contributed by atoms with Gasteiger partial charge >= 0.3 is 6.03 Å². The maximum Gasteiger partial charge on any atom is 0.319 e. The van der Waals surface area contributed by atoms with E-state index in [0.717, 1.165) is 35.2 Å². The SMILES string of the molecule is Cc1cccc(C)c1NC(=O)NCc1ccc(N2C(=O)C3C4C=CC(CC4)C3C2=O)cc1. The van der Waals surface area contributed by atoms with Crippen LogP contribution in [0.3, 0.4) is 0 Å². The van der Waals surface area contributed by atoms with Crippen LogP contribution in [0, 0.1) is 37.5 Å². The number of aryl methyl sites for hydroxylation is 2. The first kappa shape index (κ1) is 20.5. The quantitative estimate of drug-likeness (QED) is 0.561. The van der Waals surface area contributed by atoms with E-state index in [-0.39, 0.29) is 41.5 Å². The van der Waals surface area contributed by atoms with E-state index >= 15 is 0 Å². The molecule has 4 amide bonds. The fraction of sp³-hybridized carbons (Fsp3) is 0.346. The molecule has 1 saturated carbocycles. The Balaban J connectivity index is 1.24. The molecule has 6 nitrogen and oxygen atoms in total. The molecule has 4 unspecified atom stereocenters. The summed E-state index contributed by atoms with van der Waals surface area (Å²) in [5.41, 5.74) is 4.33. The highest BCUT2D eigenvalue weighted by Gasteiger charge is 2.56. The summed E-state index contributed by atoms with van der Waals surface area (Å²) in [6, 6.07) is 12.9. The molecule has 1 heterocycles. The van der Waals surface area contributed by atoms with Crippen molar-refractivity contribution < 1.29 is 14.4 Å². The Bertz CT molecular complexity index is 1070. The fourth-order valence-electron chi connectivity index (χ4n) is 5.44. The number of nitrogens with one attached hydrogen (secondary N) is 2. The molecule has 1 aliphatic heterocycles. The van der Waals surface area contributed by atoms with Gasteiger partial charge in [0.1, 0.15) is 0 Å². The van der Waals surface area contributed by atoms with Crippen molar-refractivity contribution in [1.29, 1.82) is 0 Å². The summed E-state index contributed by atoms with van der Waals surface area (Å²) < 4.78 is 0. The third kappa shape index (κ3) is 3.40. The van der Waals surface area contributed by atoms with E-state index in [1.807, 2.05) is 44.2 Å². The standard InChI is InChI=1S/C26H27N3O3/c1-15-4-3-5-16(2)23(15)28-26(32)27-14-17-6-12-20(13-7-17)29-24(30)21-18-8-9-19(11-10-18)22(21)25(29)31/h3-9,12-13,18-19,21-22H,10-11,14H2,1-2H3,(H2,27,28,32). The second kappa shape index (κ2) is 7.93. The summed E-state index contributed by atoms with van der Waals surface area (Å²) in [6.07, 6.45) is 6.23. The highest BCUT2D eigenvalue weighted by Crippen LogP contribution is 2.50. The van der Waals surface area contributed by atoms with Crippen molar-refractivity contribution >= 4 is 29.2 Å². The van der Waals surface area contributed by atoms with Gasteiger partial charge in [-0.25, -0.2) is 4.79 Å². The Labute approximate surface area is 187 Å². The Morgan fingerprint density at radius 3 is 2.00 bits per heavy atom. The molecule has 3 aliphatic carbocycles. The van der Waals surface area contributed by atoms with Crippen molar-refractivity contribution in [3.05, 3.63) is 71.3 Å². The Morgan fingerprint density at radius 1 is 0.906 bits per heavy atom. The second-order valence-corrected chi connectivity index (χ2v) is 9.09. The first-order valence-corrected chi connectivity index (χ1v) is 11.2. The molecule has 0 radical (unpaired) electrons. The van der Waals surface area contributed by atoms with Crippen LogP contribution in [0.1, 0.15) is 29.5 Å². The number of imide groups is 1. The smallest absolute Gasteiger partial charge is 0.319 e. The summed E-state index contributed by atoms with van der Waals surface area (Å²) in [4.78, 5) is 39.9. The van der Waals surface area contributed by atoms with Crippen LogP contribution in [-0.2, 0) is 16.1 Å². The number of hydrogen-bond donors (Lipinski definition) is 2. The number of urea groups is 1. The van der Waals surface area contributed by atoms with Crippen molar-refractivity contribution in [3.8, 4) is 0 Å². The van der Waals surface area contributed by atoms with Crippen LogP contribution >= 0.6 is 0 Å². The molecule has 4 aliphatic rings. The highest BCUT2D eigenvalue weighted by atomic mass is 16.2. The average Bonchev–Trinajstić information content (AvgIpc) is 3.08. The second-order valence-electron chi connectivity index (χ2n) is 9.09. The Kier molecular flexibility index (Phi) is 5.08. The van der Waals surface area contributed by atoms with Crippen LogP contribution in [0.15, 0.2) is 54.6 Å². The lowest BCUT2D eigenvalue weighted by molar-refractivity contribution is -0.124. The molecule has 2 bridgehead atoms. The lowest BCUT2D eigenvalue weighted by Gasteiger charge is -2.38. The number of carbonyl (C=O) groups excluding carboxylic acids is 3. The summed E-state index contributed by atoms with van der Waals surface area (Å²) in [7, 11) is 0. The molecule has 2 fully saturated rings. The third-order valence-corrected chi connectivity index (χ3v) is 7.13. The number of fused-ring (bicyclic) bond motifs is 1. The normalized spacial score (nSPS) is 25.8. The number of carbonyl (C=O) groups is 3. The molecule has 0 spiro atoms. The maximum atomic E-state index is 13.1. The van der Waals surface area contributed by atoms with Gasteiger partial charge in [-0.2, -0.15) is 0 Å². The van der Waals surface area contributed by atoms with Crippen LogP contribution in [-0.4, -0.2) is 17.8 Å². The van der Waals surface area contributed by atoms with E-state index in [1.165, 1.54) is 4.90 Å². The van der Waals surface area contributed by atoms with Crippen molar-refractivity contribution in [2.75, 3.05) is 10.2 Å².